The maximum Gasteiger partial charge on any atom is 0.337 e. The topological polar surface area (TPSA) is 128 Å². The first-order chi connectivity index (χ1) is 8.54. The summed E-state index contributed by atoms with van der Waals surface area (Å²) >= 11 is 0. The molecule has 1 rings (SSSR count). The number of aromatic nitrogens is 3. The molecule has 4 N–H and O–H groups in total. The Morgan fingerprint density at radius 3 is 2.32 bits per heavy atom. The molecule has 19 heavy (non-hydrogen) atoms. The highest BCUT2D eigenvalue weighted by Gasteiger charge is 2.31. The predicted molar refractivity (Wildman–Crippen MR) is 65.7 cm³/mol. The number of nitrogens with one attached hydrogen (secondary N) is 2. The number of hydrogen-bond donors (Lipinski definition) is 4. The standard InChI is InChI=1S/C11H18N4O4/c1-10(2,3)8-13-6(14-15-8)7(16)12-5-11(4,19)9(17)18/h19H,5H2,1-4H3,(H,12,16)(H,17,18)(H,13,14,15). The molecule has 0 aliphatic carbocycles. The maximum atomic E-state index is 11.7. The van der Waals surface area contributed by atoms with Crippen molar-refractivity contribution in [2.45, 2.75) is 38.7 Å². The van der Waals surface area contributed by atoms with Crippen molar-refractivity contribution in [2.75, 3.05) is 6.54 Å². The second-order valence-corrected chi connectivity index (χ2v) is 5.52. The van der Waals surface area contributed by atoms with E-state index in [1.165, 1.54) is 0 Å². The fourth-order valence-electron chi connectivity index (χ4n) is 1.11. The van der Waals surface area contributed by atoms with Crippen molar-refractivity contribution in [1.82, 2.24) is 20.5 Å². The number of aliphatic hydroxyl groups is 1. The molecule has 0 aliphatic heterocycles. The summed E-state index contributed by atoms with van der Waals surface area (Å²) in [6.45, 7) is 6.38. The van der Waals surface area contributed by atoms with Gasteiger partial charge in [-0.15, -0.1) is 5.10 Å². The first kappa shape index (κ1) is 15.1. The minimum Gasteiger partial charge on any atom is -0.479 e. The zero-order valence-corrected chi connectivity index (χ0v) is 11.3. The number of aromatic amines is 1. The molecular weight excluding hydrogens is 252 g/mol. The van der Waals surface area contributed by atoms with E-state index in [2.05, 4.69) is 20.5 Å². The Labute approximate surface area is 110 Å². The van der Waals surface area contributed by atoms with Crippen LogP contribution in [0, 0.1) is 0 Å². The summed E-state index contributed by atoms with van der Waals surface area (Å²) in [7, 11) is 0. The molecule has 8 heteroatoms. The summed E-state index contributed by atoms with van der Waals surface area (Å²) in [5.41, 5.74) is -2.31. The molecule has 1 atom stereocenters. The average molecular weight is 270 g/mol. The molecule has 1 aromatic heterocycles. The molecule has 1 amide bonds. The van der Waals surface area contributed by atoms with Crippen molar-refractivity contribution in [3.63, 3.8) is 0 Å². The summed E-state index contributed by atoms with van der Waals surface area (Å²) in [4.78, 5) is 26.4. The quantitative estimate of drug-likeness (QED) is 0.593. The van der Waals surface area contributed by atoms with Gasteiger partial charge in [-0.05, 0) is 6.92 Å². The van der Waals surface area contributed by atoms with E-state index in [9.17, 15) is 14.7 Å². The largest absolute Gasteiger partial charge is 0.479 e. The van der Waals surface area contributed by atoms with Crippen LogP contribution in [0.25, 0.3) is 0 Å². The zero-order valence-electron chi connectivity index (χ0n) is 11.3. The summed E-state index contributed by atoms with van der Waals surface area (Å²) in [6, 6.07) is 0. The van der Waals surface area contributed by atoms with Crippen molar-refractivity contribution < 1.29 is 19.8 Å². The first-order valence-corrected chi connectivity index (χ1v) is 5.71. The summed E-state index contributed by atoms with van der Waals surface area (Å²) < 4.78 is 0. The molecule has 1 heterocycles. The van der Waals surface area contributed by atoms with Crippen molar-refractivity contribution >= 4 is 11.9 Å². The van der Waals surface area contributed by atoms with E-state index in [4.69, 9.17) is 5.11 Å². The SMILES string of the molecule is CC(O)(CNC(=O)c1n[nH]c(C(C)(C)C)n1)C(=O)O. The van der Waals surface area contributed by atoms with Gasteiger partial charge in [0.25, 0.3) is 5.91 Å². The van der Waals surface area contributed by atoms with E-state index in [1.807, 2.05) is 20.8 Å². The third-order valence-electron chi connectivity index (χ3n) is 2.45. The highest BCUT2D eigenvalue weighted by molar-refractivity contribution is 5.91. The Balaban J connectivity index is 2.70. The van der Waals surface area contributed by atoms with Gasteiger partial charge in [0.15, 0.2) is 5.60 Å². The highest BCUT2D eigenvalue weighted by Crippen LogP contribution is 2.17. The van der Waals surface area contributed by atoms with Crippen LogP contribution in [0.1, 0.15) is 44.1 Å². The number of carbonyl (C=O) groups is 2. The third-order valence-corrected chi connectivity index (χ3v) is 2.45. The number of nitrogens with zero attached hydrogens (tertiary/aromatic N) is 2. The van der Waals surface area contributed by atoms with E-state index in [0.29, 0.717) is 5.82 Å². The maximum absolute atomic E-state index is 11.7. The molecule has 1 unspecified atom stereocenters. The van der Waals surface area contributed by atoms with E-state index in [-0.39, 0.29) is 11.2 Å². The fourth-order valence-corrected chi connectivity index (χ4v) is 1.11. The van der Waals surface area contributed by atoms with Crippen LogP contribution in [0.4, 0.5) is 0 Å². The predicted octanol–water partition coefficient (Wildman–Crippen LogP) is -0.332. The van der Waals surface area contributed by atoms with Crippen LogP contribution in [-0.2, 0) is 10.2 Å². The molecule has 0 spiro atoms. The Hall–Kier alpha value is -1.96. The number of H-pyrrole nitrogens is 1. The molecule has 0 aliphatic rings. The Kier molecular flexibility index (Phi) is 3.94. The average Bonchev–Trinajstić information content (AvgIpc) is 2.74. The minimum atomic E-state index is -2.03. The number of aliphatic carboxylic acids is 1. The monoisotopic (exact) mass is 270 g/mol. The van der Waals surface area contributed by atoms with Crippen LogP contribution in [0.15, 0.2) is 0 Å². The molecule has 0 saturated heterocycles. The van der Waals surface area contributed by atoms with Crippen molar-refractivity contribution in [3.05, 3.63) is 11.6 Å². The lowest BCUT2D eigenvalue weighted by Crippen LogP contribution is -2.46. The van der Waals surface area contributed by atoms with Gasteiger partial charge in [0.05, 0.1) is 6.54 Å². The lowest BCUT2D eigenvalue weighted by atomic mass is 9.96. The molecule has 0 fully saturated rings. The molecule has 0 saturated carbocycles. The van der Waals surface area contributed by atoms with Gasteiger partial charge in [0, 0.05) is 5.41 Å². The van der Waals surface area contributed by atoms with Crippen LogP contribution in [0.5, 0.6) is 0 Å². The number of carboxylic acid groups (broad SMARTS) is 1. The smallest absolute Gasteiger partial charge is 0.337 e. The van der Waals surface area contributed by atoms with Gasteiger partial charge >= 0.3 is 5.97 Å². The van der Waals surface area contributed by atoms with Gasteiger partial charge in [0.2, 0.25) is 5.82 Å². The molecule has 0 aromatic carbocycles. The van der Waals surface area contributed by atoms with E-state index >= 15 is 0 Å². The van der Waals surface area contributed by atoms with Gasteiger partial charge in [-0.1, -0.05) is 20.8 Å². The van der Waals surface area contributed by atoms with Crippen LogP contribution in [-0.4, -0.2) is 49.4 Å². The number of carboxylic acids is 1. The molecule has 1 aromatic rings. The van der Waals surface area contributed by atoms with Crippen LogP contribution >= 0.6 is 0 Å². The van der Waals surface area contributed by atoms with Gasteiger partial charge in [0.1, 0.15) is 5.82 Å². The normalized spacial score (nSPS) is 14.8. The van der Waals surface area contributed by atoms with Gasteiger partial charge in [-0.25, -0.2) is 9.78 Å². The molecule has 0 radical (unpaired) electrons. The van der Waals surface area contributed by atoms with Crippen LogP contribution in [0.3, 0.4) is 0 Å². The molecule has 8 nitrogen and oxygen atoms in total. The van der Waals surface area contributed by atoms with Gasteiger partial charge in [-0.2, -0.15) is 0 Å². The number of amides is 1. The minimum absolute atomic E-state index is 0.0916. The Morgan fingerprint density at radius 2 is 1.89 bits per heavy atom. The Bertz CT molecular complexity index is 487. The zero-order chi connectivity index (χ0) is 14.8. The molecule has 0 bridgehead atoms. The van der Waals surface area contributed by atoms with Gasteiger partial charge in [-0.3, -0.25) is 9.89 Å². The van der Waals surface area contributed by atoms with E-state index < -0.39 is 24.0 Å². The number of hydrogen-bond acceptors (Lipinski definition) is 5. The second kappa shape index (κ2) is 4.96. The third kappa shape index (κ3) is 3.75. The summed E-state index contributed by atoms with van der Waals surface area (Å²) in [5, 5.41) is 26.8. The van der Waals surface area contributed by atoms with Crippen molar-refractivity contribution in [1.29, 1.82) is 0 Å². The van der Waals surface area contributed by atoms with E-state index in [0.717, 1.165) is 6.92 Å². The fraction of sp³-hybridized carbons (Fsp3) is 0.636. The lowest BCUT2D eigenvalue weighted by molar-refractivity contribution is -0.155. The van der Waals surface area contributed by atoms with Crippen molar-refractivity contribution in [2.24, 2.45) is 0 Å². The first-order valence-electron chi connectivity index (χ1n) is 5.71. The van der Waals surface area contributed by atoms with Crippen molar-refractivity contribution in [3.8, 4) is 0 Å². The van der Waals surface area contributed by atoms with E-state index in [1.54, 1.807) is 0 Å². The second-order valence-electron chi connectivity index (χ2n) is 5.52. The van der Waals surface area contributed by atoms with Gasteiger partial charge < -0.3 is 15.5 Å². The number of carbonyl (C=O) groups excluding carboxylic acids is 1. The number of rotatable bonds is 4. The lowest BCUT2D eigenvalue weighted by Gasteiger charge is -2.17. The summed E-state index contributed by atoms with van der Waals surface area (Å²) in [5.74, 6) is -1.61. The molecule has 106 valence electrons. The Morgan fingerprint density at radius 1 is 1.32 bits per heavy atom. The highest BCUT2D eigenvalue weighted by atomic mass is 16.4. The molecular formula is C11H18N4O4. The van der Waals surface area contributed by atoms with Crippen LogP contribution < -0.4 is 5.32 Å². The van der Waals surface area contributed by atoms with Crippen LogP contribution in [0.2, 0.25) is 0 Å². The summed E-state index contributed by atoms with van der Waals surface area (Å²) in [6.07, 6.45) is 0.